The molecule has 126 valence electrons. The van der Waals surface area contributed by atoms with Crippen molar-refractivity contribution in [3.8, 4) is 5.75 Å². The molecule has 0 aliphatic carbocycles. The van der Waals surface area contributed by atoms with Crippen molar-refractivity contribution in [1.82, 2.24) is 10.9 Å². The van der Waals surface area contributed by atoms with E-state index in [1.54, 1.807) is 0 Å². The van der Waals surface area contributed by atoms with E-state index in [1.807, 2.05) is 30.3 Å². The number of amides is 2. The van der Waals surface area contributed by atoms with Gasteiger partial charge in [-0.2, -0.15) is 0 Å². The van der Waals surface area contributed by atoms with Gasteiger partial charge in [0.15, 0.2) is 6.61 Å². The van der Waals surface area contributed by atoms with Gasteiger partial charge in [-0.05, 0) is 29.8 Å². The monoisotopic (exact) mass is 348 g/mol. The van der Waals surface area contributed by atoms with Crippen molar-refractivity contribution in [2.75, 3.05) is 12.4 Å². The first-order valence-electron chi connectivity index (χ1n) is 7.21. The van der Waals surface area contributed by atoms with Crippen LogP contribution in [0.15, 0.2) is 54.6 Å². The first-order chi connectivity index (χ1) is 11.6. The number of nitrogens with one attached hydrogen (secondary N) is 2. The van der Waals surface area contributed by atoms with Gasteiger partial charge in [0.1, 0.15) is 11.6 Å². The summed E-state index contributed by atoms with van der Waals surface area (Å²) < 4.78 is 17.9. The van der Waals surface area contributed by atoms with E-state index in [0.717, 1.165) is 11.3 Å². The molecule has 0 bridgehead atoms. The zero-order valence-corrected chi connectivity index (χ0v) is 13.6. The maximum absolute atomic E-state index is 12.7. The zero-order valence-electron chi connectivity index (χ0n) is 12.8. The molecule has 0 atom stereocenters. The number of rotatable bonds is 7. The van der Waals surface area contributed by atoms with Crippen LogP contribution in [0.4, 0.5) is 4.39 Å². The predicted octanol–water partition coefficient (Wildman–Crippen LogP) is 2.29. The number of carbonyl (C=O) groups excluding carboxylic acids is 2. The normalized spacial score (nSPS) is 10.0. The minimum absolute atomic E-state index is 0.230. The summed E-state index contributed by atoms with van der Waals surface area (Å²) in [5.74, 6) is 0.138. The van der Waals surface area contributed by atoms with Crippen LogP contribution in [0.3, 0.4) is 0 Å². The van der Waals surface area contributed by atoms with Gasteiger partial charge in [-0.25, -0.2) is 4.39 Å². The third kappa shape index (κ3) is 6.70. The van der Waals surface area contributed by atoms with E-state index in [2.05, 4.69) is 10.9 Å². The van der Waals surface area contributed by atoms with E-state index < -0.39 is 5.91 Å². The molecule has 0 saturated carbocycles. The van der Waals surface area contributed by atoms with Gasteiger partial charge in [0.05, 0.1) is 5.75 Å². The topological polar surface area (TPSA) is 67.4 Å². The molecule has 2 rings (SSSR count). The van der Waals surface area contributed by atoms with Gasteiger partial charge >= 0.3 is 0 Å². The van der Waals surface area contributed by atoms with Crippen molar-refractivity contribution in [1.29, 1.82) is 0 Å². The lowest BCUT2D eigenvalue weighted by atomic mass is 10.2. The molecule has 2 aromatic rings. The smallest absolute Gasteiger partial charge is 0.276 e. The van der Waals surface area contributed by atoms with Gasteiger partial charge in [0.25, 0.3) is 5.91 Å². The van der Waals surface area contributed by atoms with Crippen LogP contribution in [0, 0.1) is 5.82 Å². The number of benzene rings is 2. The fourth-order valence-corrected chi connectivity index (χ4v) is 2.51. The largest absolute Gasteiger partial charge is 0.484 e. The summed E-state index contributed by atoms with van der Waals surface area (Å²) >= 11 is 1.45. The number of hydrazine groups is 1. The predicted molar refractivity (Wildman–Crippen MR) is 90.8 cm³/mol. The number of carbonyl (C=O) groups is 2. The van der Waals surface area contributed by atoms with Crippen LogP contribution in [-0.2, 0) is 15.3 Å². The van der Waals surface area contributed by atoms with E-state index >= 15 is 0 Å². The van der Waals surface area contributed by atoms with E-state index in [0.29, 0.717) is 5.75 Å². The molecule has 0 fully saturated rings. The van der Waals surface area contributed by atoms with Crippen molar-refractivity contribution >= 4 is 23.6 Å². The molecule has 0 heterocycles. The summed E-state index contributed by atoms with van der Waals surface area (Å²) in [5, 5.41) is 0. The van der Waals surface area contributed by atoms with E-state index in [4.69, 9.17) is 4.74 Å². The van der Waals surface area contributed by atoms with Gasteiger partial charge in [-0.1, -0.05) is 30.3 Å². The molecule has 0 radical (unpaired) electrons. The Morgan fingerprint density at radius 1 is 0.958 bits per heavy atom. The van der Waals surface area contributed by atoms with Crippen molar-refractivity contribution in [2.45, 2.75) is 5.75 Å². The first kappa shape index (κ1) is 17.8. The van der Waals surface area contributed by atoms with Crippen LogP contribution in [0.1, 0.15) is 5.56 Å². The van der Waals surface area contributed by atoms with Crippen LogP contribution in [0.25, 0.3) is 0 Å². The molecule has 5 nitrogen and oxygen atoms in total. The Morgan fingerprint density at radius 3 is 2.33 bits per heavy atom. The van der Waals surface area contributed by atoms with E-state index in [-0.39, 0.29) is 24.1 Å². The van der Waals surface area contributed by atoms with E-state index in [9.17, 15) is 14.0 Å². The fraction of sp³-hybridized carbons (Fsp3) is 0.176. The zero-order chi connectivity index (χ0) is 17.2. The van der Waals surface area contributed by atoms with Crippen molar-refractivity contribution in [2.24, 2.45) is 0 Å². The maximum Gasteiger partial charge on any atom is 0.276 e. The minimum atomic E-state index is -0.499. The molecule has 0 saturated heterocycles. The number of hydrogen-bond acceptors (Lipinski definition) is 4. The number of ether oxygens (including phenoxy) is 1. The third-order valence-electron chi connectivity index (χ3n) is 2.87. The molecular weight excluding hydrogens is 331 g/mol. The molecule has 0 aliphatic heterocycles. The second-order valence-electron chi connectivity index (χ2n) is 4.82. The molecule has 2 aromatic carbocycles. The molecule has 7 heteroatoms. The van der Waals surface area contributed by atoms with Gasteiger partial charge in [-0.3, -0.25) is 20.4 Å². The van der Waals surface area contributed by atoms with Crippen molar-refractivity contribution < 1.29 is 18.7 Å². The van der Waals surface area contributed by atoms with Crippen LogP contribution < -0.4 is 15.6 Å². The Hall–Kier alpha value is -2.54. The Balaban J connectivity index is 1.59. The third-order valence-corrected chi connectivity index (χ3v) is 3.87. The second-order valence-corrected chi connectivity index (χ2v) is 5.80. The quantitative estimate of drug-likeness (QED) is 0.754. The molecule has 0 unspecified atom stereocenters. The molecule has 24 heavy (non-hydrogen) atoms. The molecular formula is C17H17FN2O3S. The standard InChI is InChI=1S/C17H17FN2O3S/c18-14-6-8-15(9-7-14)23-10-16(21)19-20-17(22)12-24-11-13-4-2-1-3-5-13/h1-9H,10-12H2,(H,19,21)(H,20,22). The number of thioether (sulfide) groups is 1. The molecule has 0 aromatic heterocycles. The highest BCUT2D eigenvalue weighted by Crippen LogP contribution is 2.11. The Bertz CT molecular complexity index is 665. The summed E-state index contributed by atoms with van der Waals surface area (Å²) in [6.07, 6.45) is 0. The first-order valence-corrected chi connectivity index (χ1v) is 8.36. The SMILES string of the molecule is O=C(COc1ccc(F)cc1)NNC(=O)CSCc1ccccc1. The fourth-order valence-electron chi connectivity index (χ4n) is 1.73. The Morgan fingerprint density at radius 2 is 1.62 bits per heavy atom. The Kier molecular flexibility index (Phi) is 7.10. The Labute approximate surface area is 143 Å². The molecule has 0 aliphatic rings. The molecule has 0 spiro atoms. The molecule has 2 amide bonds. The van der Waals surface area contributed by atoms with Crippen LogP contribution >= 0.6 is 11.8 Å². The molecule has 2 N–H and O–H groups in total. The average molecular weight is 348 g/mol. The number of hydrogen-bond donors (Lipinski definition) is 2. The summed E-state index contributed by atoms with van der Waals surface area (Å²) in [6.45, 7) is -0.275. The van der Waals surface area contributed by atoms with Crippen molar-refractivity contribution in [3.05, 3.63) is 66.0 Å². The van der Waals surface area contributed by atoms with Crippen molar-refractivity contribution in [3.63, 3.8) is 0 Å². The van der Waals surface area contributed by atoms with E-state index in [1.165, 1.54) is 36.0 Å². The van der Waals surface area contributed by atoms with Gasteiger partial charge < -0.3 is 4.74 Å². The highest BCUT2D eigenvalue weighted by molar-refractivity contribution is 7.99. The maximum atomic E-state index is 12.7. The minimum Gasteiger partial charge on any atom is -0.484 e. The van der Waals surface area contributed by atoms with Crippen LogP contribution in [0.2, 0.25) is 0 Å². The number of halogens is 1. The summed E-state index contributed by atoms with van der Waals surface area (Å²) in [4.78, 5) is 23.2. The van der Waals surface area contributed by atoms with Gasteiger partial charge in [0, 0.05) is 5.75 Å². The summed E-state index contributed by atoms with van der Waals surface area (Å²) in [7, 11) is 0. The lowest BCUT2D eigenvalue weighted by Crippen LogP contribution is -2.44. The lowest BCUT2D eigenvalue weighted by molar-refractivity contribution is -0.128. The second kappa shape index (κ2) is 9.57. The average Bonchev–Trinajstić information content (AvgIpc) is 2.60. The van der Waals surface area contributed by atoms with Crippen LogP contribution in [0.5, 0.6) is 5.75 Å². The highest BCUT2D eigenvalue weighted by atomic mass is 32.2. The van der Waals surface area contributed by atoms with Gasteiger partial charge in [0.2, 0.25) is 5.91 Å². The summed E-state index contributed by atoms with van der Waals surface area (Å²) in [6, 6.07) is 15.1. The lowest BCUT2D eigenvalue weighted by Gasteiger charge is -2.08. The van der Waals surface area contributed by atoms with Crippen LogP contribution in [-0.4, -0.2) is 24.2 Å². The van der Waals surface area contributed by atoms with Gasteiger partial charge in [-0.15, -0.1) is 11.8 Å². The highest BCUT2D eigenvalue weighted by Gasteiger charge is 2.06. The summed E-state index contributed by atoms with van der Waals surface area (Å²) in [5.41, 5.74) is 5.71.